The fraction of sp³-hybridized carbons (Fsp3) is 0.172. The number of carbonyl (C=O) groups is 1. The van der Waals surface area contributed by atoms with E-state index in [-0.39, 0.29) is 18.9 Å². The molecule has 0 spiro atoms. The third kappa shape index (κ3) is 5.41. The van der Waals surface area contributed by atoms with Crippen molar-refractivity contribution >= 4 is 11.6 Å². The van der Waals surface area contributed by atoms with Crippen LogP contribution in [0.15, 0.2) is 89.7 Å². The number of halogens is 3. The number of ether oxygens (including phenoxy) is 1. The molecule has 1 amide bonds. The van der Waals surface area contributed by atoms with Crippen molar-refractivity contribution in [2.24, 2.45) is 0 Å². The van der Waals surface area contributed by atoms with Crippen LogP contribution in [0.1, 0.15) is 23.4 Å². The summed E-state index contributed by atoms with van der Waals surface area (Å²) in [7, 11) is 1.58. The Balaban J connectivity index is 1.52. The van der Waals surface area contributed by atoms with E-state index < -0.39 is 11.7 Å². The van der Waals surface area contributed by atoms with E-state index >= 15 is 0 Å². The summed E-state index contributed by atoms with van der Waals surface area (Å²) in [6, 6.07) is 19.7. The Morgan fingerprint density at radius 1 is 1.00 bits per heavy atom. The lowest BCUT2D eigenvalue weighted by Gasteiger charge is -2.10. The van der Waals surface area contributed by atoms with Gasteiger partial charge in [0.2, 0.25) is 5.91 Å². The van der Waals surface area contributed by atoms with E-state index in [1.165, 1.54) is 6.07 Å². The van der Waals surface area contributed by atoms with Crippen LogP contribution in [0.3, 0.4) is 0 Å². The molecule has 2 aromatic carbocycles. The van der Waals surface area contributed by atoms with Crippen molar-refractivity contribution < 1.29 is 27.1 Å². The van der Waals surface area contributed by atoms with E-state index in [0.29, 0.717) is 40.4 Å². The van der Waals surface area contributed by atoms with Crippen molar-refractivity contribution in [3.63, 3.8) is 0 Å². The van der Waals surface area contributed by atoms with Crippen LogP contribution in [0.2, 0.25) is 0 Å². The molecule has 0 fully saturated rings. The molecule has 0 aliphatic carbocycles. The van der Waals surface area contributed by atoms with Gasteiger partial charge in [-0.25, -0.2) is 4.98 Å². The van der Waals surface area contributed by atoms with Gasteiger partial charge in [0.05, 0.1) is 36.9 Å². The molecule has 0 unspecified atom stereocenters. The number of furan rings is 1. The lowest BCUT2D eigenvalue weighted by atomic mass is 10.0. The molecule has 0 radical (unpaired) electrons. The predicted molar refractivity (Wildman–Crippen MR) is 136 cm³/mol. The summed E-state index contributed by atoms with van der Waals surface area (Å²) in [4.78, 5) is 17.4. The highest BCUT2D eigenvalue weighted by atomic mass is 19.4. The molecule has 6 nitrogen and oxygen atoms in total. The molecular formula is C29H24F3N3O3. The Morgan fingerprint density at radius 3 is 2.58 bits per heavy atom. The smallest absolute Gasteiger partial charge is 0.416 e. The molecule has 0 saturated heterocycles. The van der Waals surface area contributed by atoms with E-state index in [1.807, 2.05) is 28.7 Å². The number of nitrogens with one attached hydrogen (secondary N) is 1. The molecule has 38 heavy (non-hydrogen) atoms. The minimum Gasteiger partial charge on any atom is -0.497 e. The van der Waals surface area contributed by atoms with Gasteiger partial charge in [-0.05, 0) is 66.1 Å². The van der Waals surface area contributed by atoms with Crippen molar-refractivity contribution in [3.8, 4) is 28.1 Å². The number of fused-ring (bicyclic) bond motifs is 1. The van der Waals surface area contributed by atoms with Gasteiger partial charge in [0.1, 0.15) is 17.2 Å². The molecule has 0 bridgehead atoms. The number of nitrogens with zero attached hydrogens (tertiary/aromatic N) is 2. The van der Waals surface area contributed by atoms with Gasteiger partial charge < -0.3 is 18.9 Å². The highest BCUT2D eigenvalue weighted by molar-refractivity contribution is 5.77. The van der Waals surface area contributed by atoms with Gasteiger partial charge in [-0.1, -0.05) is 24.3 Å². The molecule has 1 N–H and O–H groups in total. The number of aryl methyl sites for hydroxylation is 1. The highest BCUT2D eigenvalue weighted by Gasteiger charge is 2.30. The first-order valence-electron chi connectivity index (χ1n) is 11.9. The van der Waals surface area contributed by atoms with E-state index in [0.717, 1.165) is 23.4 Å². The van der Waals surface area contributed by atoms with Crippen LogP contribution in [0.25, 0.3) is 28.0 Å². The van der Waals surface area contributed by atoms with Crippen molar-refractivity contribution in [1.82, 2.24) is 14.7 Å². The number of hydrogen-bond donors (Lipinski definition) is 1. The van der Waals surface area contributed by atoms with Gasteiger partial charge in [0.25, 0.3) is 0 Å². The number of pyridine rings is 1. The maximum atomic E-state index is 13.3. The molecule has 3 aromatic heterocycles. The number of aromatic nitrogens is 2. The third-order valence-corrected chi connectivity index (χ3v) is 6.21. The summed E-state index contributed by atoms with van der Waals surface area (Å²) in [6.07, 6.45) is -0.605. The second-order valence-corrected chi connectivity index (χ2v) is 8.72. The average molecular weight is 520 g/mol. The second-order valence-electron chi connectivity index (χ2n) is 8.72. The zero-order chi connectivity index (χ0) is 26.7. The number of imidazole rings is 1. The molecule has 194 valence electrons. The molecule has 9 heteroatoms. The van der Waals surface area contributed by atoms with Crippen LogP contribution in [0.5, 0.6) is 5.75 Å². The fourth-order valence-corrected chi connectivity index (χ4v) is 4.30. The monoisotopic (exact) mass is 519 g/mol. The van der Waals surface area contributed by atoms with Gasteiger partial charge >= 0.3 is 6.18 Å². The van der Waals surface area contributed by atoms with Crippen LogP contribution in [0, 0.1) is 0 Å². The van der Waals surface area contributed by atoms with E-state index in [9.17, 15) is 18.0 Å². The zero-order valence-corrected chi connectivity index (χ0v) is 20.5. The Kier molecular flexibility index (Phi) is 6.91. The number of amides is 1. The molecule has 0 saturated carbocycles. The van der Waals surface area contributed by atoms with Crippen molar-refractivity contribution in [2.75, 3.05) is 7.11 Å². The number of benzene rings is 2. The number of carbonyl (C=O) groups excluding carboxylic acids is 1. The quantitative estimate of drug-likeness (QED) is 0.253. The van der Waals surface area contributed by atoms with E-state index in [2.05, 4.69) is 5.32 Å². The second kappa shape index (κ2) is 10.5. The third-order valence-electron chi connectivity index (χ3n) is 6.21. The van der Waals surface area contributed by atoms with E-state index in [4.69, 9.17) is 14.1 Å². The summed E-state index contributed by atoms with van der Waals surface area (Å²) >= 11 is 0. The number of methoxy groups -OCH3 is 1. The van der Waals surface area contributed by atoms with Crippen LogP contribution in [-0.2, 0) is 23.9 Å². The van der Waals surface area contributed by atoms with Crippen LogP contribution < -0.4 is 10.1 Å². The predicted octanol–water partition coefficient (Wildman–Crippen LogP) is 6.54. The van der Waals surface area contributed by atoms with Gasteiger partial charge in [0.15, 0.2) is 0 Å². The zero-order valence-electron chi connectivity index (χ0n) is 20.5. The summed E-state index contributed by atoms with van der Waals surface area (Å²) in [5, 5.41) is 2.84. The fourth-order valence-electron chi connectivity index (χ4n) is 4.30. The molecule has 0 aliphatic rings. The first kappa shape index (κ1) is 25.1. The molecule has 5 rings (SSSR count). The Bertz CT molecular complexity index is 1570. The summed E-state index contributed by atoms with van der Waals surface area (Å²) in [6.45, 7) is 0.279. The lowest BCUT2D eigenvalue weighted by molar-refractivity contribution is -0.137. The Morgan fingerprint density at radius 2 is 1.82 bits per heavy atom. The van der Waals surface area contributed by atoms with Crippen LogP contribution in [-0.4, -0.2) is 22.4 Å². The summed E-state index contributed by atoms with van der Waals surface area (Å²) < 4.78 is 52.4. The van der Waals surface area contributed by atoms with Crippen LogP contribution in [0.4, 0.5) is 13.2 Å². The van der Waals surface area contributed by atoms with Gasteiger partial charge in [-0.3, -0.25) is 4.79 Å². The van der Waals surface area contributed by atoms with Crippen molar-refractivity contribution in [1.29, 1.82) is 0 Å². The summed E-state index contributed by atoms with van der Waals surface area (Å²) in [5.41, 5.74) is 3.16. The maximum absolute atomic E-state index is 13.3. The molecular weight excluding hydrogens is 495 g/mol. The standard InChI is InChI=1S/C29H24F3N3O3/c1-37-23-8-3-6-20(16-23)28-25(11-13-27(36)33-17-24-9-4-14-38-24)35-18-21(10-12-26(35)34-28)19-5-2-7-22(15-19)29(30,31)32/h2-10,12,14-16,18H,11,13,17H2,1H3,(H,33,36). The van der Waals surface area contributed by atoms with Gasteiger partial charge in [-0.2, -0.15) is 13.2 Å². The average Bonchev–Trinajstić information content (AvgIpc) is 3.58. The highest BCUT2D eigenvalue weighted by Crippen LogP contribution is 2.33. The number of alkyl halides is 3. The van der Waals surface area contributed by atoms with Crippen molar-refractivity contribution in [2.45, 2.75) is 25.6 Å². The maximum Gasteiger partial charge on any atom is 0.416 e. The Hall–Kier alpha value is -4.53. The molecule has 0 atom stereocenters. The van der Waals surface area contributed by atoms with Gasteiger partial charge in [0, 0.05) is 18.2 Å². The first-order chi connectivity index (χ1) is 18.3. The van der Waals surface area contributed by atoms with Gasteiger partial charge in [-0.15, -0.1) is 0 Å². The lowest BCUT2D eigenvalue weighted by Crippen LogP contribution is -2.23. The molecule has 3 heterocycles. The molecule has 5 aromatic rings. The van der Waals surface area contributed by atoms with E-state index in [1.54, 1.807) is 49.9 Å². The first-order valence-corrected chi connectivity index (χ1v) is 11.9. The number of rotatable bonds is 8. The Labute approximate surface area is 216 Å². The largest absolute Gasteiger partial charge is 0.497 e. The minimum atomic E-state index is -4.44. The minimum absolute atomic E-state index is 0.165. The van der Waals surface area contributed by atoms with Crippen LogP contribution >= 0.6 is 0 Å². The summed E-state index contributed by atoms with van der Waals surface area (Å²) in [5.74, 6) is 1.14. The van der Waals surface area contributed by atoms with Crippen molar-refractivity contribution in [3.05, 3.63) is 102 Å². The SMILES string of the molecule is COc1cccc(-c2nc3ccc(-c4cccc(C(F)(F)F)c4)cn3c2CCC(=O)NCc2ccco2)c1. The molecule has 0 aliphatic heterocycles. The number of hydrogen-bond acceptors (Lipinski definition) is 4. The normalized spacial score (nSPS) is 11.6. The topological polar surface area (TPSA) is 68.8 Å².